The van der Waals surface area contributed by atoms with Crippen molar-refractivity contribution in [2.75, 3.05) is 20.1 Å². The van der Waals surface area contributed by atoms with E-state index < -0.39 is 0 Å². The average Bonchev–Trinajstić information content (AvgIpc) is 2.95. The molecule has 1 fully saturated rings. The Balaban J connectivity index is 2.02. The van der Waals surface area contributed by atoms with Crippen molar-refractivity contribution in [2.45, 2.75) is 39.3 Å². The predicted molar refractivity (Wildman–Crippen MR) is 70.5 cm³/mol. The van der Waals surface area contributed by atoms with Gasteiger partial charge in [-0.3, -0.25) is 14.8 Å². The molecule has 0 aliphatic carbocycles. The third-order valence-electron chi connectivity index (χ3n) is 3.84. The summed E-state index contributed by atoms with van der Waals surface area (Å²) in [5.74, 6) is 0.0422. The van der Waals surface area contributed by atoms with E-state index in [9.17, 15) is 4.79 Å². The fourth-order valence-corrected chi connectivity index (χ4v) is 2.46. The summed E-state index contributed by atoms with van der Waals surface area (Å²) in [6.07, 6.45) is 2.74. The van der Waals surface area contributed by atoms with Gasteiger partial charge in [-0.15, -0.1) is 0 Å². The van der Waals surface area contributed by atoms with Gasteiger partial charge in [-0.25, -0.2) is 0 Å². The van der Waals surface area contributed by atoms with Gasteiger partial charge in [0.25, 0.3) is 5.91 Å². The van der Waals surface area contributed by atoms with Gasteiger partial charge in [0, 0.05) is 32.2 Å². The van der Waals surface area contributed by atoms with E-state index in [1.54, 1.807) is 6.20 Å². The Bertz CT molecular complexity index is 426. The molecule has 5 nitrogen and oxygen atoms in total. The van der Waals surface area contributed by atoms with E-state index in [2.05, 4.69) is 28.9 Å². The Labute approximate surface area is 108 Å². The number of aromatic nitrogens is 2. The lowest BCUT2D eigenvalue weighted by molar-refractivity contribution is 0.0725. The minimum Gasteiger partial charge on any atom is -0.336 e. The van der Waals surface area contributed by atoms with Crippen LogP contribution in [-0.4, -0.2) is 58.1 Å². The van der Waals surface area contributed by atoms with Crippen LogP contribution >= 0.6 is 0 Å². The molecule has 5 heteroatoms. The van der Waals surface area contributed by atoms with Crippen LogP contribution in [0.15, 0.2) is 6.20 Å². The molecule has 0 aromatic carbocycles. The van der Waals surface area contributed by atoms with E-state index in [-0.39, 0.29) is 5.91 Å². The van der Waals surface area contributed by atoms with Gasteiger partial charge in [-0.2, -0.15) is 5.10 Å². The van der Waals surface area contributed by atoms with Crippen LogP contribution in [0.4, 0.5) is 0 Å². The molecule has 0 radical (unpaired) electrons. The molecule has 1 aromatic rings. The lowest BCUT2D eigenvalue weighted by Crippen LogP contribution is -2.40. The molecule has 0 saturated carbocycles. The standard InChI is InChI=1S/C13H22N4O/c1-9(2)17-6-5-11(8-17)16(4)13(18)12-10(3)7-14-15-12/h7,9,11H,5-6,8H2,1-4H3,(H,14,15)/t11-/m0/s1. The van der Waals surface area contributed by atoms with Gasteiger partial charge in [-0.1, -0.05) is 0 Å². The second-order valence-corrected chi connectivity index (χ2v) is 5.38. The van der Waals surface area contributed by atoms with Crippen molar-refractivity contribution in [1.82, 2.24) is 20.0 Å². The smallest absolute Gasteiger partial charge is 0.272 e. The molecule has 1 aromatic heterocycles. The average molecular weight is 250 g/mol. The van der Waals surface area contributed by atoms with Crippen molar-refractivity contribution in [1.29, 1.82) is 0 Å². The summed E-state index contributed by atoms with van der Waals surface area (Å²) in [7, 11) is 1.89. The molecular weight excluding hydrogens is 228 g/mol. The van der Waals surface area contributed by atoms with Gasteiger partial charge >= 0.3 is 0 Å². The summed E-state index contributed by atoms with van der Waals surface area (Å²) in [6.45, 7) is 8.33. The van der Waals surface area contributed by atoms with Crippen LogP contribution in [0.1, 0.15) is 36.3 Å². The fraction of sp³-hybridized carbons (Fsp3) is 0.692. The molecule has 2 rings (SSSR count). The maximum Gasteiger partial charge on any atom is 0.272 e. The number of likely N-dealkylation sites (tertiary alicyclic amines) is 1. The number of hydrogen-bond acceptors (Lipinski definition) is 3. The zero-order valence-corrected chi connectivity index (χ0v) is 11.6. The van der Waals surface area contributed by atoms with Crippen LogP contribution in [0.5, 0.6) is 0 Å². The van der Waals surface area contributed by atoms with E-state index in [1.165, 1.54) is 0 Å². The summed E-state index contributed by atoms with van der Waals surface area (Å²) in [4.78, 5) is 16.6. The van der Waals surface area contributed by atoms with Gasteiger partial charge in [-0.05, 0) is 32.8 Å². The molecule has 1 N–H and O–H groups in total. The van der Waals surface area contributed by atoms with Gasteiger partial charge in [0.2, 0.25) is 0 Å². The number of likely N-dealkylation sites (N-methyl/N-ethyl adjacent to an activating group) is 1. The summed E-state index contributed by atoms with van der Waals surface area (Å²) < 4.78 is 0. The Morgan fingerprint density at radius 1 is 1.61 bits per heavy atom. The number of rotatable bonds is 3. The highest BCUT2D eigenvalue weighted by molar-refractivity contribution is 5.93. The second-order valence-electron chi connectivity index (χ2n) is 5.38. The molecular formula is C13H22N4O. The van der Waals surface area contributed by atoms with Crippen LogP contribution in [0, 0.1) is 6.92 Å². The second kappa shape index (κ2) is 5.10. The highest BCUT2D eigenvalue weighted by Crippen LogP contribution is 2.18. The van der Waals surface area contributed by atoms with Gasteiger partial charge in [0.05, 0.1) is 6.20 Å². The minimum absolute atomic E-state index is 0.0422. The first-order valence-electron chi connectivity index (χ1n) is 6.52. The SMILES string of the molecule is Cc1cn[nH]c1C(=O)N(C)[C@H]1CCN(C(C)C)C1. The van der Waals surface area contributed by atoms with E-state index in [0.717, 1.165) is 25.1 Å². The maximum atomic E-state index is 12.3. The molecule has 1 aliphatic heterocycles. The van der Waals surface area contributed by atoms with Crippen LogP contribution in [0.3, 0.4) is 0 Å². The first kappa shape index (κ1) is 13.1. The van der Waals surface area contributed by atoms with Crippen molar-refractivity contribution in [3.63, 3.8) is 0 Å². The minimum atomic E-state index is 0.0422. The predicted octanol–water partition coefficient (Wildman–Crippen LogP) is 1.27. The van der Waals surface area contributed by atoms with Crippen LogP contribution in [0.2, 0.25) is 0 Å². The van der Waals surface area contributed by atoms with E-state index in [1.807, 2.05) is 18.9 Å². The van der Waals surface area contributed by atoms with E-state index >= 15 is 0 Å². The Kier molecular flexibility index (Phi) is 3.71. The number of aryl methyl sites for hydroxylation is 1. The topological polar surface area (TPSA) is 52.2 Å². The first-order valence-corrected chi connectivity index (χ1v) is 6.52. The normalized spacial score (nSPS) is 20.6. The number of hydrogen-bond donors (Lipinski definition) is 1. The van der Waals surface area contributed by atoms with Crippen molar-refractivity contribution in [3.8, 4) is 0 Å². The lowest BCUT2D eigenvalue weighted by atomic mass is 10.2. The molecule has 0 bridgehead atoms. The zero-order chi connectivity index (χ0) is 13.3. The molecule has 0 spiro atoms. The number of nitrogens with one attached hydrogen (secondary N) is 1. The Morgan fingerprint density at radius 3 is 2.83 bits per heavy atom. The first-order chi connectivity index (χ1) is 8.50. The summed E-state index contributed by atoms with van der Waals surface area (Å²) in [5.41, 5.74) is 1.52. The van der Waals surface area contributed by atoms with E-state index in [0.29, 0.717) is 17.8 Å². The third kappa shape index (κ3) is 2.41. The molecule has 18 heavy (non-hydrogen) atoms. The molecule has 0 unspecified atom stereocenters. The number of aromatic amines is 1. The molecule has 100 valence electrons. The summed E-state index contributed by atoms with van der Waals surface area (Å²) in [5, 5.41) is 6.70. The van der Waals surface area contributed by atoms with Crippen molar-refractivity contribution < 1.29 is 4.79 Å². The lowest BCUT2D eigenvalue weighted by Gasteiger charge is -2.26. The van der Waals surface area contributed by atoms with Crippen molar-refractivity contribution >= 4 is 5.91 Å². The number of carbonyl (C=O) groups is 1. The summed E-state index contributed by atoms with van der Waals surface area (Å²) >= 11 is 0. The number of H-pyrrole nitrogens is 1. The maximum absolute atomic E-state index is 12.3. The largest absolute Gasteiger partial charge is 0.336 e. The fourth-order valence-electron chi connectivity index (χ4n) is 2.46. The highest BCUT2D eigenvalue weighted by Gasteiger charge is 2.30. The number of nitrogens with zero attached hydrogens (tertiary/aromatic N) is 3. The third-order valence-corrected chi connectivity index (χ3v) is 3.84. The van der Waals surface area contributed by atoms with Crippen LogP contribution in [-0.2, 0) is 0 Å². The molecule has 1 atom stereocenters. The summed E-state index contributed by atoms with van der Waals surface area (Å²) in [6, 6.07) is 0.856. The number of carbonyl (C=O) groups excluding carboxylic acids is 1. The zero-order valence-electron chi connectivity index (χ0n) is 11.6. The quantitative estimate of drug-likeness (QED) is 0.879. The molecule has 2 heterocycles. The molecule has 1 saturated heterocycles. The highest BCUT2D eigenvalue weighted by atomic mass is 16.2. The van der Waals surface area contributed by atoms with E-state index in [4.69, 9.17) is 0 Å². The van der Waals surface area contributed by atoms with Crippen LogP contribution in [0.25, 0.3) is 0 Å². The van der Waals surface area contributed by atoms with Gasteiger partial charge < -0.3 is 4.90 Å². The van der Waals surface area contributed by atoms with Crippen LogP contribution < -0.4 is 0 Å². The van der Waals surface area contributed by atoms with Gasteiger partial charge in [0.1, 0.15) is 5.69 Å². The Hall–Kier alpha value is -1.36. The van der Waals surface area contributed by atoms with Crippen molar-refractivity contribution in [2.24, 2.45) is 0 Å². The molecule has 1 aliphatic rings. The number of amides is 1. The van der Waals surface area contributed by atoms with Crippen molar-refractivity contribution in [3.05, 3.63) is 17.5 Å². The van der Waals surface area contributed by atoms with Gasteiger partial charge in [0.15, 0.2) is 0 Å². The monoisotopic (exact) mass is 250 g/mol. The Morgan fingerprint density at radius 2 is 2.33 bits per heavy atom. The molecule has 1 amide bonds.